The number of carbonyl (C=O) groups is 2. The number of hydrogen-bond donors (Lipinski definition) is 2. The summed E-state index contributed by atoms with van der Waals surface area (Å²) >= 11 is 3.20. The van der Waals surface area contributed by atoms with Gasteiger partial charge in [-0.3, -0.25) is 14.5 Å². The first kappa shape index (κ1) is 18.3. The van der Waals surface area contributed by atoms with Crippen LogP contribution in [0.1, 0.15) is 32.6 Å². The second-order valence-electron chi connectivity index (χ2n) is 6.88. The van der Waals surface area contributed by atoms with Crippen LogP contribution in [0.3, 0.4) is 0 Å². The van der Waals surface area contributed by atoms with Gasteiger partial charge in [0.15, 0.2) is 0 Å². The van der Waals surface area contributed by atoms with E-state index in [9.17, 15) is 14.0 Å². The third kappa shape index (κ3) is 4.79. The maximum atomic E-state index is 13.9. The van der Waals surface area contributed by atoms with Crippen LogP contribution in [0, 0.1) is 11.7 Å². The molecule has 1 aliphatic carbocycles. The lowest BCUT2D eigenvalue weighted by Gasteiger charge is -2.35. The minimum Gasteiger partial charge on any atom is -0.353 e. The molecule has 1 aromatic rings. The van der Waals surface area contributed by atoms with Crippen molar-refractivity contribution in [2.45, 2.75) is 44.7 Å². The smallest absolute Gasteiger partial charge is 0.241 e. The van der Waals surface area contributed by atoms with Crippen molar-refractivity contribution >= 4 is 33.4 Å². The van der Waals surface area contributed by atoms with E-state index in [-0.39, 0.29) is 35.5 Å². The molecule has 0 spiro atoms. The zero-order valence-electron chi connectivity index (χ0n) is 14.2. The molecule has 25 heavy (non-hydrogen) atoms. The Hall–Kier alpha value is -1.47. The van der Waals surface area contributed by atoms with Crippen LogP contribution < -0.4 is 10.6 Å². The van der Waals surface area contributed by atoms with E-state index in [0.717, 1.165) is 38.8 Å². The van der Waals surface area contributed by atoms with Crippen molar-refractivity contribution in [3.8, 4) is 0 Å². The lowest BCUT2D eigenvalue weighted by Crippen LogP contribution is -2.50. The molecule has 1 saturated heterocycles. The van der Waals surface area contributed by atoms with Gasteiger partial charge < -0.3 is 10.6 Å². The summed E-state index contributed by atoms with van der Waals surface area (Å²) < 4.78 is 14.5. The highest BCUT2D eigenvalue weighted by molar-refractivity contribution is 9.10. The van der Waals surface area contributed by atoms with Crippen LogP contribution in [0.2, 0.25) is 0 Å². The Kier molecular flexibility index (Phi) is 5.74. The van der Waals surface area contributed by atoms with Crippen molar-refractivity contribution in [2.24, 2.45) is 5.92 Å². The molecular weight excluding hydrogens is 389 g/mol. The van der Waals surface area contributed by atoms with Crippen molar-refractivity contribution in [1.29, 1.82) is 0 Å². The van der Waals surface area contributed by atoms with E-state index in [2.05, 4.69) is 31.5 Å². The predicted molar refractivity (Wildman–Crippen MR) is 97.7 cm³/mol. The number of nitrogens with zero attached hydrogens (tertiary/aromatic N) is 1. The average Bonchev–Trinajstić information content (AvgIpc) is 3.42. The molecular formula is C18H23BrFN3O2. The molecule has 7 heteroatoms. The Balaban J connectivity index is 1.48. The second-order valence-corrected chi connectivity index (χ2v) is 7.80. The SMILES string of the molecule is CC(C(=O)Nc1ccc(Br)cc1F)N1CCC(NC(=O)C2CC2)CC1. The molecule has 2 amide bonds. The van der Waals surface area contributed by atoms with Gasteiger partial charge in [-0.1, -0.05) is 15.9 Å². The first-order valence-electron chi connectivity index (χ1n) is 8.74. The monoisotopic (exact) mass is 411 g/mol. The fourth-order valence-corrected chi connectivity index (χ4v) is 3.42. The summed E-state index contributed by atoms with van der Waals surface area (Å²) in [6, 6.07) is 4.42. The summed E-state index contributed by atoms with van der Waals surface area (Å²) in [7, 11) is 0. The van der Waals surface area contributed by atoms with E-state index in [1.54, 1.807) is 12.1 Å². The standard InChI is InChI=1S/C18H23BrFN3O2/c1-11(17(24)22-16-5-4-13(19)10-15(16)20)23-8-6-14(7-9-23)21-18(25)12-2-3-12/h4-5,10-12,14H,2-3,6-9H2,1H3,(H,21,25)(H,22,24). The zero-order valence-corrected chi connectivity index (χ0v) is 15.8. The van der Waals surface area contributed by atoms with E-state index in [1.807, 2.05) is 6.92 Å². The minimum absolute atomic E-state index is 0.176. The molecule has 136 valence electrons. The molecule has 1 aromatic carbocycles. The lowest BCUT2D eigenvalue weighted by molar-refractivity contribution is -0.124. The van der Waals surface area contributed by atoms with Crippen molar-refractivity contribution in [1.82, 2.24) is 10.2 Å². The average molecular weight is 412 g/mol. The van der Waals surface area contributed by atoms with Crippen LogP contribution in [0.25, 0.3) is 0 Å². The lowest BCUT2D eigenvalue weighted by atomic mass is 10.0. The van der Waals surface area contributed by atoms with E-state index in [1.165, 1.54) is 6.07 Å². The van der Waals surface area contributed by atoms with Gasteiger partial charge in [0.05, 0.1) is 11.7 Å². The van der Waals surface area contributed by atoms with Gasteiger partial charge in [-0.15, -0.1) is 0 Å². The van der Waals surface area contributed by atoms with Crippen LogP contribution in [0.4, 0.5) is 10.1 Å². The Morgan fingerprint density at radius 2 is 1.92 bits per heavy atom. The fraction of sp³-hybridized carbons (Fsp3) is 0.556. The molecule has 0 bridgehead atoms. The third-order valence-electron chi connectivity index (χ3n) is 4.94. The Morgan fingerprint density at radius 1 is 1.24 bits per heavy atom. The molecule has 5 nitrogen and oxygen atoms in total. The maximum Gasteiger partial charge on any atom is 0.241 e. The molecule has 1 saturated carbocycles. The highest BCUT2D eigenvalue weighted by Gasteiger charge is 2.33. The van der Waals surface area contributed by atoms with Gasteiger partial charge in [-0.05, 0) is 50.8 Å². The first-order chi connectivity index (χ1) is 11.9. The number of piperidine rings is 1. The molecule has 2 N–H and O–H groups in total. The zero-order chi connectivity index (χ0) is 18.0. The number of benzene rings is 1. The van der Waals surface area contributed by atoms with Crippen LogP contribution >= 0.6 is 15.9 Å². The van der Waals surface area contributed by atoms with Gasteiger partial charge in [0.2, 0.25) is 11.8 Å². The topological polar surface area (TPSA) is 61.4 Å². The number of anilines is 1. The largest absolute Gasteiger partial charge is 0.353 e. The maximum absolute atomic E-state index is 13.9. The minimum atomic E-state index is -0.462. The van der Waals surface area contributed by atoms with Crippen LogP contribution in [0.5, 0.6) is 0 Å². The quantitative estimate of drug-likeness (QED) is 0.782. The molecule has 2 aliphatic rings. The van der Waals surface area contributed by atoms with E-state index in [4.69, 9.17) is 0 Å². The summed E-state index contributed by atoms with van der Waals surface area (Å²) in [5, 5.41) is 5.76. The Morgan fingerprint density at radius 3 is 2.52 bits per heavy atom. The van der Waals surface area contributed by atoms with Gasteiger partial charge in [0.1, 0.15) is 5.82 Å². The first-order valence-corrected chi connectivity index (χ1v) is 9.53. The highest BCUT2D eigenvalue weighted by Crippen LogP contribution is 2.29. The van der Waals surface area contributed by atoms with Gasteiger partial charge in [-0.25, -0.2) is 4.39 Å². The van der Waals surface area contributed by atoms with Crippen LogP contribution in [-0.2, 0) is 9.59 Å². The molecule has 0 radical (unpaired) electrons. The van der Waals surface area contributed by atoms with Gasteiger partial charge in [-0.2, -0.15) is 0 Å². The van der Waals surface area contributed by atoms with Crippen LogP contribution in [0.15, 0.2) is 22.7 Å². The van der Waals surface area contributed by atoms with Gasteiger partial charge in [0.25, 0.3) is 0 Å². The summed E-state index contributed by atoms with van der Waals surface area (Å²) in [5.74, 6) is -0.281. The number of likely N-dealkylation sites (tertiary alicyclic amines) is 1. The van der Waals surface area contributed by atoms with E-state index in [0.29, 0.717) is 4.47 Å². The van der Waals surface area contributed by atoms with Crippen LogP contribution in [-0.4, -0.2) is 41.9 Å². The molecule has 1 heterocycles. The summed E-state index contributed by atoms with van der Waals surface area (Å²) in [5.41, 5.74) is 0.187. The fourth-order valence-electron chi connectivity index (χ4n) is 3.09. The highest BCUT2D eigenvalue weighted by atomic mass is 79.9. The van der Waals surface area contributed by atoms with Crippen molar-refractivity contribution in [2.75, 3.05) is 18.4 Å². The van der Waals surface area contributed by atoms with E-state index >= 15 is 0 Å². The number of amides is 2. The number of halogens is 2. The van der Waals surface area contributed by atoms with E-state index < -0.39 is 5.82 Å². The number of carbonyl (C=O) groups excluding carboxylic acids is 2. The third-order valence-corrected chi connectivity index (χ3v) is 5.43. The van der Waals surface area contributed by atoms with Gasteiger partial charge >= 0.3 is 0 Å². The molecule has 0 aromatic heterocycles. The van der Waals surface area contributed by atoms with Crippen molar-refractivity contribution in [3.63, 3.8) is 0 Å². The molecule has 1 unspecified atom stereocenters. The second kappa shape index (κ2) is 7.83. The van der Waals surface area contributed by atoms with Crippen molar-refractivity contribution in [3.05, 3.63) is 28.5 Å². The normalized spacial score (nSPS) is 20.1. The molecule has 3 rings (SSSR count). The Bertz CT molecular complexity index is 658. The van der Waals surface area contributed by atoms with Gasteiger partial charge in [0, 0.05) is 29.5 Å². The summed E-state index contributed by atoms with van der Waals surface area (Å²) in [6.45, 7) is 3.31. The summed E-state index contributed by atoms with van der Waals surface area (Å²) in [6.07, 6.45) is 3.69. The predicted octanol–water partition coefficient (Wildman–Crippen LogP) is 2.91. The molecule has 1 atom stereocenters. The number of hydrogen-bond acceptors (Lipinski definition) is 3. The number of nitrogens with one attached hydrogen (secondary N) is 2. The number of rotatable bonds is 5. The van der Waals surface area contributed by atoms with Crippen molar-refractivity contribution < 1.29 is 14.0 Å². The molecule has 1 aliphatic heterocycles. The Labute approximate surface area is 155 Å². The molecule has 2 fully saturated rings. The summed E-state index contributed by atoms with van der Waals surface area (Å²) in [4.78, 5) is 26.3.